The molecule has 0 atom stereocenters. The van der Waals surface area contributed by atoms with Crippen molar-refractivity contribution < 1.29 is 9.63 Å². The molecule has 23 heavy (non-hydrogen) atoms. The lowest BCUT2D eigenvalue weighted by atomic mass is 10.1. The molecule has 0 saturated heterocycles. The van der Waals surface area contributed by atoms with Crippen LogP contribution in [0.5, 0.6) is 0 Å². The van der Waals surface area contributed by atoms with Crippen molar-refractivity contribution in [1.82, 2.24) is 10.0 Å². The first kappa shape index (κ1) is 15.5. The molecule has 122 valence electrons. The van der Waals surface area contributed by atoms with Crippen LogP contribution in [0.2, 0.25) is 0 Å². The number of hydroxylamine groups is 2. The maximum absolute atomic E-state index is 11.6. The molecule has 0 bridgehead atoms. The molecule has 0 unspecified atom stereocenters. The van der Waals surface area contributed by atoms with E-state index in [1.807, 2.05) is 13.1 Å². The minimum absolute atomic E-state index is 0.116. The topological polar surface area (TPSA) is 70.1 Å². The highest BCUT2D eigenvalue weighted by molar-refractivity contribution is 6.10. The Morgan fingerprint density at radius 3 is 2.91 bits per heavy atom. The molecular weight excluding hydrogens is 294 g/mol. The van der Waals surface area contributed by atoms with Crippen molar-refractivity contribution in [2.45, 2.75) is 33.6 Å². The molecule has 0 spiro atoms. The monoisotopic (exact) mass is 315 g/mol. The van der Waals surface area contributed by atoms with Crippen molar-refractivity contribution in [3.63, 3.8) is 0 Å². The number of carbonyl (C=O) groups is 1. The number of rotatable bonds is 4. The van der Waals surface area contributed by atoms with Crippen LogP contribution in [0.25, 0.3) is 0 Å². The predicted molar refractivity (Wildman–Crippen MR) is 89.6 cm³/mol. The number of nitrogens with one attached hydrogen (secondary N) is 1. The second-order valence-corrected chi connectivity index (χ2v) is 5.66. The summed E-state index contributed by atoms with van der Waals surface area (Å²) in [5, 5.41) is 4.64. The van der Waals surface area contributed by atoms with E-state index in [2.05, 4.69) is 22.1 Å². The molecule has 0 radical (unpaired) electrons. The van der Waals surface area contributed by atoms with Crippen molar-refractivity contribution in [2.75, 3.05) is 24.0 Å². The van der Waals surface area contributed by atoms with Crippen LogP contribution in [-0.2, 0) is 9.63 Å². The largest absolute Gasteiger partial charge is 0.324 e. The maximum atomic E-state index is 11.6. The van der Waals surface area contributed by atoms with Gasteiger partial charge in [-0.15, -0.1) is 0 Å². The fraction of sp³-hybridized carbons (Fsp3) is 0.438. The summed E-state index contributed by atoms with van der Waals surface area (Å²) in [5.74, 6) is 0.625. The summed E-state index contributed by atoms with van der Waals surface area (Å²) in [6.07, 6.45) is 5.54. The van der Waals surface area contributed by atoms with Crippen molar-refractivity contribution in [3.05, 3.63) is 23.7 Å². The molecule has 3 heterocycles. The molecule has 2 aliphatic heterocycles. The minimum atomic E-state index is -0.116. The first-order valence-corrected chi connectivity index (χ1v) is 7.70. The van der Waals surface area contributed by atoms with Gasteiger partial charge in [0.2, 0.25) is 5.91 Å². The molecule has 1 aromatic rings. The number of anilines is 2. The van der Waals surface area contributed by atoms with E-state index < -0.39 is 0 Å². The third-order valence-corrected chi connectivity index (χ3v) is 3.88. The van der Waals surface area contributed by atoms with Crippen LogP contribution in [0.4, 0.5) is 17.2 Å². The van der Waals surface area contributed by atoms with Gasteiger partial charge in [-0.2, -0.15) is 0 Å². The van der Waals surface area contributed by atoms with Crippen molar-refractivity contribution in [1.29, 1.82) is 0 Å². The first-order valence-electron chi connectivity index (χ1n) is 7.70. The molecule has 0 aliphatic carbocycles. The van der Waals surface area contributed by atoms with Gasteiger partial charge < -0.3 is 10.2 Å². The van der Waals surface area contributed by atoms with E-state index in [0.29, 0.717) is 6.67 Å². The summed E-state index contributed by atoms with van der Waals surface area (Å²) < 4.78 is 0. The number of nitrogens with zero attached hydrogens (tertiary/aromatic N) is 4. The number of aliphatic imine (C=N–C) groups is 1. The van der Waals surface area contributed by atoms with Gasteiger partial charge in [0.1, 0.15) is 12.4 Å². The summed E-state index contributed by atoms with van der Waals surface area (Å²) >= 11 is 0. The third-order valence-electron chi connectivity index (χ3n) is 3.88. The number of fused-ring (bicyclic) bond motifs is 3. The third kappa shape index (κ3) is 2.68. The van der Waals surface area contributed by atoms with Crippen LogP contribution < -0.4 is 10.2 Å². The zero-order chi connectivity index (χ0) is 16.6. The molecule has 7 nitrogen and oxygen atoms in total. The van der Waals surface area contributed by atoms with E-state index in [1.54, 1.807) is 18.4 Å². The van der Waals surface area contributed by atoms with E-state index in [-0.39, 0.29) is 5.91 Å². The Bertz CT molecular complexity index is 711. The zero-order valence-corrected chi connectivity index (χ0v) is 13.9. The van der Waals surface area contributed by atoms with E-state index in [9.17, 15) is 4.79 Å². The van der Waals surface area contributed by atoms with Gasteiger partial charge >= 0.3 is 0 Å². The molecule has 1 N–H and O–H groups in total. The number of carbonyl (C=O) groups excluding carboxylic acids is 1. The van der Waals surface area contributed by atoms with Crippen molar-refractivity contribution in [2.24, 2.45) is 4.99 Å². The second-order valence-electron chi connectivity index (χ2n) is 5.66. The Morgan fingerprint density at radius 2 is 2.26 bits per heavy atom. The molecule has 7 heteroatoms. The van der Waals surface area contributed by atoms with Crippen LogP contribution >= 0.6 is 0 Å². The lowest BCUT2D eigenvalue weighted by Crippen LogP contribution is -2.31. The summed E-state index contributed by atoms with van der Waals surface area (Å²) in [6.45, 7) is 6.09. The first-order chi connectivity index (χ1) is 11.0. The maximum Gasteiger partial charge on any atom is 0.221 e. The highest BCUT2D eigenvalue weighted by Gasteiger charge is 2.33. The number of pyridine rings is 1. The Labute approximate surface area is 135 Å². The van der Waals surface area contributed by atoms with Gasteiger partial charge in [-0.1, -0.05) is 13.3 Å². The van der Waals surface area contributed by atoms with Gasteiger partial charge in [-0.05, 0) is 18.9 Å². The van der Waals surface area contributed by atoms with E-state index >= 15 is 0 Å². The Balaban J connectivity index is 2.14. The molecule has 1 aromatic heterocycles. The summed E-state index contributed by atoms with van der Waals surface area (Å²) in [4.78, 5) is 28.3. The number of aromatic nitrogens is 1. The predicted octanol–water partition coefficient (Wildman–Crippen LogP) is 2.72. The Morgan fingerprint density at radius 1 is 1.48 bits per heavy atom. The number of amides is 1. The average molecular weight is 315 g/mol. The van der Waals surface area contributed by atoms with Gasteiger partial charge in [0, 0.05) is 13.1 Å². The molecule has 2 aliphatic rings. The molecule has 1 amide bonds. The minimum Gasteiger partial charge on any atom is -0.324 e. The molecule has 3 rings (SSSR count). The number of hydrogen-bond donors (Lipinski definition) is 1. The highest BCUT2D eigenvalue weighted by Crippen LogP contribution is 2.43. The van der Waals surface area contributed by atoms with Crippen LogP contribution in [-0.4, -0.2) is 35.4 Å². The summed E-state index contributed by atoms with van der Waals surface area (Å²) in [6, 6.07) is 0. The van der Waals surface area contributed by atoms with Gasteiger partial charge in [-0.25, -0.2) is 15.0 Å². The second kappa shape index (κ2) is 6.00. The lowest BCUT2D eigenvalue weighted by Gasteiger charge is -2.29. The van der Waals surface area contributed by atoms with Gasteiger partial charge in [0.15, 0.2) is 5.82 Å². The number of allylic oxidation sites excluding steroid dienone is 1. The van der Waals surface area contributed by atoms with Crippen LogP contribution in [0.3, 0.4) is 0 Å². The molecule has 0 saturated carbocycles. The van der Waals surface area contributed by atoms with Crippen LogP contribution in [0, 0.1) is 6.92 Å². The quantitative estimate of drug-likeness (QED) is 0.925. The highest BCUT2D eigenvalue weighted by atomic mass is 16.7. The molecular formula is C16H21N5O2. The number of hydrogen-bond acceptors (Lipinski definition) is 6. The molecule has 0 aromatic carbocycles. The lowest BCUT2D eigenvalue weighted by molar-refractivity contribution is -0.114. The number of aryl methyl sites for hydroxylation is 1. The normalized spacial score (nSPS) is 15.8. The Hall–Kier alpha value is -2.41. The van der Waals surface area contributed by atoms with Crippen molar-refractivity contribution >= 4 is 28.8 Å². The smallest absolute Gasteiger partial charge is 0.221 e. The Kier molecular flexibility index (Phi) is 4.04. The van der Waals surface area contributed by atoms with Crippen molar-refractivity contribution in [3.8, 4) is 0 Å². The van der Waals surface area contributed by atoms with E-state index in [4.69, 9.17) is 9.83 Å². The van der Waals surface area contributed by atoms with Crippen LogP contribution in [0.1, 0.15) is 32.3 Å². The van der Waals surface area contributed by atoms with E-state index in [1.165, 1.54) is 6.92 Å². The van der Waals surface area contributed by atoms with Gasteiger partial charge in [0.05, 0.1) is 30.4 Å². The standard InChI is InChI=1S/C16H21N5O2/c1-5-6-12-13-8-20(23-4)9-21(13)16-15(19-12)14(18-11(3)22)10(2)7-17-16/h7-8H,5-6,9H2,1-4H3,(H,17,18,22). The molecule has 0 fully saturated rings. The van der Waals surface area contributed by atoms with Crippen LogP contribution in [0.15, 0.2) is 23.1 Å². The fourth-order valence-electron chi connectivity index (χ4n) is 2.82. The summed E-state index contributed by atoms with van der Waals surface area (Å²) in [7, 11) is 1.64. The summed E-state index contributed by atoms with van der Waals surface area (Å²) in [5.41, 5.74) is 4.34. The SMILES string of the molecule is CCCC1=Nc2c(ncc(C)c2NC(C)=O)N2CN(OC)C=C12. The van der Waals surface area contributed by atoms with Gasteiger partial charge in [0.25, 0.3) is 0 Å². The van der Waals surface area contributed by atoms with E-state index in [0.717, 1.165) is 47.0 Å². The fourth-order valence-corrected chi connectivity index (χ4v) is 2.82. The average Bonchev–Trinajstić information content (AvgIpc) is 2.95. The van der Waals surface area contributed by atoms with Gasteiger partial charge in [-0.3, -0.25) is 9.63 Å². The zero-order valence-electron chi connectivity index (χ0n) is 13.9.